The van der Waals surface area contributed by atoms with Crippen molar-refractivity contribution in [1.29, 1.82) is 0 Å². The molecule has 0 saturated carbocycles. The highest BCUT2D eigenvalue weighted by Crippen LogP contribution is 2.20. The summed E-state index contributed by atoms with van der Waals surface area (Å²) in [6, 6.07) is 8.85. The zero-order valence-electron chi connectivity index (χ0n) is 9.37. The van der Waals surface area contributed by atoms with Crippen LogP contribution in [-0.4, -0.2) is 20.8 Å². The van der Waals surface area contributed by atoms with Gasteiger partial charge in [0.1, 0.15) is 5.69 Å². The zero-order valence-corrected chi connectivity index (χ0v) is 9.37. The van der Waals surface area contributed by atoms with E-state index in [-0.39, 0.29) is 5.69 Å². The third-order valence-electron chi connectivity index (χ3n) is 2.48. The molecule has 0 aliphatic rings. The summed E-state index contributed by atoms with van der Waals surface area (Å²) in [5, 5.41) is 13.7. The van der Waals surface area contributed by atoms with E-state index in [0.29, 0.717) is 0 Å². The van der Waals surface area contributed by atoms with Crippen molar-refractivity contribution in [2.75, 3.05) is 0 Å². The number of carbonyl (C=O) groups excluding carboxylic acids is 1. The Morgan fingerprint density at radius 3 is 2.71 bits per heavy atom. The standard InChI is InChI=1S/C12H13N3O2/c1-8(16)9-4-2-3-5-11(9)15-7-6-10(14-15)12(13)17/h2-8,16H,1H3,(H2,13,17)/t8-/m0/s1. The number of para-hydroxylation sites is 1. The molecule has 0 saturated heterocycles. The van der Waals surface area contributed by atoms with Crippen LogP contribution in [-0.2, 0) is 0 Å². The maximum absolute atomic E-state index is 11.0. The lowest BCUT2D eigenvalue weighted by Gasteiger charge is -2.11. The Morgan fingerprint density at radius 1 is 1.41 bits per heavy atom. The summed E-state index contributed by atoms with van der Waals surface area (Å²) >= 11 is 0. The van der Waals surface area contributed by atoms with Crippen LogP contribution in [0.3, 0.4) is 0 Å². The first kappa shape index (κ1) is 11.3. The molecule has 5 nitrogen and oxygen atoms in total. The summed E-state index contributed by atoms with van der Waals surface area (Å²) < 4.78 is 1.53. The highest BCUT2D eigenvalue weighted by molar-refractivity contribution is 5.90. The molecule has 1 aromatic carbocycles. The van der Waals surface area contributed by atoms with Crippen LogP contribution in [0.5, 0.6) is 0 Å². The molecule has 0 spiro atoms. The third kappa shape index (κ3) is 2.19. The third-order valence-corrected chi connectivity index (χ3v) is 2.48. The van der Waals surface area contributed by atoms with Gasteiger partial charge in [-0.05, 0) is 19.1 Å². The topological polar surface area (TPSA) is 81.1 Å². The van der Waals surface area contributed by atoms with E-state index in [4.69, 9.17) is 5.73 Å². The number of nitrogens with zero attached hydrogens (tertiary/aromatic N) is 2. The van der Waals surface area contributed by atoms with Gasteiger partial charge >= 0.3 is 0 Å². The van der Waals surface area contributed by atoms with Crippen molar-refractivity contribution < 1.29 is 9.90 Å². The molecule has 0 fully saturated rings. The van der Waals surface area contributed by atoms with Crippen molar-refractivity contribution in [2.24, 2.45) is 5.73 Å². The van der Waals surface area contributed by atoms with Crippen molar-refractivity contribution in [3.8, 4) is 5.69 Å². The van der Waals surface area contributed by atoms with Gasteiger partial charge in [-0.1, -0.05) is 18.2 Å². The highest BCUT2D eigenvalue weighted by Gasteiger charge is 2.11. The average Bonchev–Trinajstić information content (AvgIpc) is 2.78. The first-order valence-electron chi connectivity index (χ1n) is 5.22. The van der Waals surface area contributed by atoms with E-state index in [2.05, 4.69) is 5.10 Å². The molecular formula is C12H13N3O2. The Morgan fingerprint density at radius 2 is 2.12 bits per heavy atom. The smallest absolute Gasteiger partial charge is 0.269 e. The minimum Gasteiger partial charge on any atom is -0.389 e. The van der Waals surface area contributed by atoms with Crippen LogP contribution >= 0.6 is 0 Å². The summed E-state index contributed by atoms with van der Waals surface area (Å²) in [6.45, 7) is 1.68. The lowest BCUT2D eigenvalue weighted by atomic mass is 10.1. The molecule has 2 rings (SSSR count). The maximum Gasteiger partial charge on any atom is 0.269 e. The highest BCUT2D eigenvalue weighted by atomic mass is 16.3. The second-order valence-electron chi connectivity index (χ2n) is 3.74. The molecule has 1 amide bonds. The molecule has 1 aromatic heterocycles. The minimum absolute atomic E-state index is 0.199. The Bertz CT molecular complexity index is 546. The predicted molar refractivity (Wildman–Crippen MR) is 62.7 cm³/mol. The summed E-state index contributed by atoms with van der Waals surface area (Å²) in [6.07, 6.45) is 1.04. The van der Waals surface area contributed by atoms with Gasteiger partial charge in [0.05, 0.1) is 11.8 Å². The number of amides is 1. The van der Waals surface area contributed by atoms with Gasteiger partial charge in [0.2, 0.25) is 0 Å². The molecule has 88 valence electrons. The second kappa shape index (κ2) is 4.39. The number of carbonyl (C=O) groups is 1. The van der Waals surface area contributed by atoms with E-state index in [1.54, 1.807) is 19.2 Å². The SMILES string of the molecule is C[C@H](O)c1ccccc1-n1ccc(C(N)=O)n1. The second-order valence-corrected chi connectivity index (χ2v) is 3.74. The molecule has 0 bridgehead atoms. The number of primary amides is 1. The summed E-state index contributed by atoms with van der Waals surface area (Å²) in [7, 11) is 0. The quantitative estimate of drug-likeness (QED) is 0.827. The Balaban J connectivity index is 2.48. The van der Waals surface area contributed by atoms with Crippen molar-refractivity contribution in [1.82, 2.24) is 9.78 Å². The number of hydrogen-bond donors (Lipinski definition) is 2. The molecule has 3 N–H and O–H groups in total. The fourth-order valence-corrected chi connectivity index (χ4v) is 1.64. The predicted octanol–water partition coefficient (Wildman–Crippen LogP) is 1.02. The molecule has 2 aromatic rings. The van der Waals surface area contributed by atoms with Gasteiger partial charge in [-0.15, -0.1) is 0 Å². The normalized spacial score (nSPS) is 12.4. The Labute approximate surface area is 98.5 Å². The van der Waals surface area contributed by atoms with E-state index in [1.807, 2.05) is 24.3 Å². The van der Waals surface area contributed by atoms with E-state index >= 15 is 0 Å². The van der Waals surface area contributed by atoms with E-state index in [0.717, 1.165) is 11.3 Å². The molecule has 17 heavy (non-hydrogen) atoms. The van der Waals surface area contributed by atoms with Crippen LogP contribution < -0.4 is 5.73 Å². The summed E-state index contributed by atoms with van der Waals surface area (Å²) in [5.74, 6) is -0.571. The van der Waals surface area contributed by atoms with E-state index < -0.39 is 12.0 Å². The number of aliphatic hydroxyl groups excluding tert-OH is 1. The minimum atomic E-state index is -0.604. The van der Waals surface area contributed by atoms with Crippen molar-refractivity contribution in [3.63, 3.8) is 0 Å². The maximum atomic E-state index is 11.0. The van der Waals surface area contributed by atoms with Crippen LogP contribution in [0.25, 0.3) is 5.69 Å². The fraction of sp³-hybridized carbons (Fsp3) is 0.167. The zero-order chi connectivity index (χ0) is 12.4. The first-order chi connectivity index (χ1) is 8.09. The number of benzene rings is 1. The van der Waals surface area contributed by atoms with Crippen molar-refractivity contribution >= 4 is 5.91 Å². The van der Waals surface area contributed by atoms with Crippen LogP contribution in [0.1, 0.15) is 29.1 Å². The molecule has 1 atom stereocenters. The molecule has 5 heteroatoms. The Kier molecular flexibility index (Phi) is 2.93. The molecule has 0 unspecified atom stereocenters. The summed E-state index contributed by atoms with van der Waals surface area (Å²) in [5.41, 5.74) is 6.81. The van der Waals surface area contributed by atoms with Gasteiger partial charge in [0, 0.05) is 11.8 Å². The molecule has 0 aliphatic heterocycles. The molecule has 0 radical (unpaired) electrons. The van der Waals surface area contributed by atoms with Gasteiger partial charge in [-0.2, -0.15) is 5.10 Å². The van der Waals surface area contributed by atoms with Crippen molar-refractivity contribution in [2.45, 2.75) is 13.0 Å². The molecule has 1 heterocycles. The van der Waals surface area contributed by atoms with Gasteiger partial charge < -0.3 is 10.8 Å². The van der Waals surface area contributed by atoms with Crippen LogP contribution in [0.4, 0.5) is 0 Å². The average molecular weight is 231 g/mol. The van der Waals surface area contributed by atoms with Crippen molar-refractivity contribution in [3.05, 3.63) is 47.8 Å². The lowest BCUT2D eigenvalue weighted by molar-refractivity contribution is 0.0995. The lowest BCUT2D eigenvalue weighted by Crippen LogP contribution is -2.12. The fourth-order valence-electron chi connectivity index (χ4n) is 1.64. The monoisotopic (exact) mass is 231 g/mol. The Hall–Kier alpha value is -2.14. The van der Waals surface area contributed by atoms with Gasteiger partial charge in [0.15, 0.2) is 0 Å². The van der Waals surface area contributed by atoms with Gasteiger partial charge in [-0.25, -0.2) is 4.68 Å². The number of aromatic nitrogens is 2. The molecular weight excluding hydrogens is 218 g/mol. The van der Waals surface area contributed by atoms with Gasteiger partial charge in [-0.3, -0.25) is 4.79 Å². The van der Waals surface area contributed by atoms with E-state index in [9.17, 15) is 9.90 Å². The van der Waals surface area contributed by atoms with E-state index in [1.165, 1.54) is 4.68 Å². The molecule has 0 aliphatic carbocycles. The summed E-state index contributed by atoms with van der Waals surface area (Å²) in [4.78, 5) is 11.0. The number of aliphatic hydroxyl groups is 1. The number of rotatable bonds is 3. The first-order valence-corrected chi connectivity index (χ1v) is 5.22. The number of hydrogen-bond acceptors (Lipinski definition) is 3. The number of nitrogens with two attached hydrogens (primary N) is 1. The largest absolute Gasteiger partial charge is 0.389 e. The van der Waals surface area contributed by atoms with Crippen LogP contribution in [0.15, 0.2) is 36.5 Å². The van der Waals surface area contributed by atoms with Crippen LogP contribution in [0, 0.1) is 0 Å². The van der Waals surface area contributed by atoms with Crippen LogP contribution in [0.2, 0.25) is 0 Å². The van der Waals surface area contributed by atoms with Gasteiger partial charge in [0.25, 0.3) is 5.91 Å².